The molecule has 0 atom stereocenters. The quantitative estimate of drug-likeness (QED) is 0.602. The van der Waals surface area contributed by atoms with Gasteiger partial charge in [0.25, 0.3) is 0 Å². The van der Waals surface area contributed by atoms with Gasteiger partial charge in [-0.05, 0) is 0 Å². The smallest absolute Gasteiger partial charge is 0.317 e. The summed E-state index contributed by atoms with van der Waals surface area (Å²) in [5, 5.41) is 2.53. The first-order chi connectivity index (χ1) is 5.26. The molecule has 0 aromatic carbocycles. The molecule has 0 aromatic heterocycles. The lowest BCUT2D eigenvalue weighted by Crippen LogP contribution is -2.38. The number of nitrogens with zero attached hydrogens (tertiary/aromatic N) is 1. The number of carbonyl (C=O) groups excluding carboxylic acids is 1. The van der Waals surface area contributed by atoms with Crippen molar-refractivity contribution in [1.82, 2.24) is 10.2 Å². The third kappa shape index (κ3) is 3.45. The van der Waals surface area contributed by atoms with Crippen molar-refractivity contribution < 1.29 is 4.79 Å². The predicted molar refractivity (Wildman–Crippen MR) is 46.4 cm³/mol. The van der Waals surface area contributed by atoms with E-state index in [1.54, 1.807) is 24.1 Å². The molecule has 62 valence electrons. The van der Waals surface area contributed by atoms with E-state index < -0.39 is 0 Å². The van der Waals surface area contributed by atoms with E-state index in [-0.39, 0.29) is 6.03 Å². The van der Waals surface area contributed by atoms with Crippen LogP contribution in [-0.2, 0) is 0 Å². The van der Waals surface area contributed by atoms with Crippen molar-refractivity contribution in [3.8, 4) is 0 Å². The zero-order valence-electron chi connectivity index (χ0n) is 6.84. The second kappa shape index (κ2) is 5.53. The molecular formula is C8H14N2O. The van der Waals surface area contributed by atoms with E-state index in [0.717, 1.165) is 0 Å². The van der Waals surface area contributed by atoms with E-state index >= 15 is 0 Å². The Morgan fingerprint density at radius 1 is 1.45 bits per heavy atom. The summed E-state index contributed by atoms with van der Waals surface area (Å²) >= 11 is 0. The first-order valence-corrected chi connectivity index (χ1v) is 3.44. The molecule has 0 aliphatic rings. The van der Waals surface area contributed by atoms with Crippen LogP contribution in [0.1, 0.15) is 0 Å². The average Bonchev–Trinajstić information content (AvgIpc) is 2.03. The van der Waals surface area contributed by atoms with Crippen molar-refractivity contribution in [3.63, 3.8) is 0 Å². The lowest BCUT2D eigenvalue weighted by atomic mass is 10.5. The zero-order valence-corrected chi connectivity index (χ0v) is 6.84. The number of rotatable bonds is 4. The minimum Gasteiger partial charge on any atom is -0.341 e. The van der Waals surface area contributed by atoms with Crippen LogP contribution in [-0.4, -0.2) is 31.1 Å². The fourth-order valence-electron chi connectivity index (χ4n) is 0.710. The Kier molecular flexibility index (Phi) is 4.90. The highest BCUT2D eigenvalue weighted by molar-refractivity contribution is 5.74. The van der Waals surface area contributed by atoms with Crippen LogP contribution in [0.3, 0.4) is 0 Å². The number of amides is 2. The Labute approximate surface area is 67.4 Å². The van der Waals surface area contributed by atoms with Crippen molar-refractivity contribution in [3.05, 3.63) is 25.3 Å². The SMILES string of the molecule is C=CCN(CC=C)C(=O)NC. The second-order valence-corrected chi connectivity index (χ2v) is 2.04. The van der Waals surface area contributed by atoms with Gasteiger partial charge >= 0.3 is 6.03 Å². The van der Waals surface area contributed by atoms with E-state index in [4.69, 9.17) is 0 Å². The Balaban J connectivity index is 3.95. The molecule has 0 unspecified atom stereocenters. The summed E-state index contributed by atoms with van der Waals surface area (Å²) in [7, 11) is 1.60. The Morgan fingerprint density at radius 2 is 1.91 bits per heavy atom. The molecule has 0 saturated carbocycles. The maximum atomic E-state index is 11.0. The van der Waals surface area contributed by atoms with Gasteiger partial charge in [0.2, 0.25) is 0 Å². The Hall–Kier alpha value is -1.25. The standard InChI is InChI=1S/C8H14N2O/c1-4-6-10(7-5-2)8(11)9-3/h4-5H,1-2,6-7H2,3H3,(H,9,11). The molecule has 0 bridgehead atoms. The fourth-order valence-corrected chi connectivity index (χ4v) is 0.710. The highest BCUT2D eigenvalue weighted by Gasteiger charge is 2.05. The van der Waals surface area contributed by atoms with Crippen molar-refractivity contribution >= 4 is 6.03 Å². The van der Waals surface area contributed by atoms with Crippen molar-refractivity contribution in [2.45, 2.75) is 0 Å². The summed E-state index contributed by atoms with van der Waals surface area (Å²) in [6.07, 6.45) is 3.36. The maximum Gasteiger partial charge on any atom is 0.317 e. The molecule has 2 amide bonds. The van der Waals surface area contributed by atoms with Gasteiger partial charge in [-0.25, -0.2) is 4.79 Å². The lowest BCUT2D eigenvalue weighted by Gasteiger charge is -2.17. The van der Waals surface area contributed by atoms with Gasteiger partial charge in [0.15, 0.2) is 0 Å². The molecule has 0 saturated heterocycles. The van der Waals surface area contributed by atoms with E-state index in [2.05, 4.69) is 18.5 Å². The van der Waals surface area contributed by atoms with Gasteiger partial charge in [0, 0.05) is 20.1 Å². The van der Waals surface area contributed by atoms with Crippen LogP contribution in [0.4, 0.5) is 4.79 Å². The van der Waals surface area contributed by atoms with E-state index in [1.807, 2.05) is 0 Å². The monoisotopic (exact) mass is 154 g/mol. The first-order valence-electron chi connectivity index (χ1n) is 3.44. The Morgan fingerprint density at radius 3 is 2.18 bits per heavy atom. The molecule has 0 spiro atoms. The molecule has 0 rings (SSSR count). The molecule has 0 aromatic rings. The van der Waals surface area contributed by atoms with Gasteiger partial charge in [0.1, 0.15) is 0 Å². The minimum absolute atomic E-state index is 0.107. The fraction of sp³-hybridized carbons (Fsp3) is 0.375. The largest absolute Gasteiger partial charge is 0.341 e. The molecule has 0 heterocycles. The second-order valence-electron chi connectivity index (χ2n) is 2.04. The highest BCUT2D eigenvalue weighted by Crippen LogP contribution is 1.88. The number of urea groups is 1. The van der Waals surface area contributed by atoms with E-state index in [0.29, 0.717) is 13.1 Å². The van der Waals surface area contributed by atoms with Crippen LogP contribution in [0.15, 0.2) is 25.3 Å². The normalized spacial score (nSPS) is 8.45. The van der Waals surface area contributed by atoms with Crippen LogP contribution in [0.25, 0.3) is 0 Å². The number of carbonyl (C=O) groups is 1. The van der Waals surface area contributed by atoms with Gasteiger partial charge in [0.05, 0.1) is 0 Å². The third-order valence-corrected chi connectivity index (χ3v) is 1.20. The first kappa shape index (κ1) is 9.75. The lowest BCUT2D eigenvalue weighted by molar-refractivity contribution is 0.210. The summed E-state index contributed by atoms with van der Waals surface area (Å²) in [5.41, 5.74) is 0. The summed E-state index contributed by atoms with van der Waals surface area (Å²) in [5.74, 6) is 0. The molecule has 0 fully saturated rings. The molecular weight excluding hydrogens is 140 g/mol. The summed E-state index contributed by atoms with van der Waals surface area (Å²) in [6, 6.07) is -0.107. The van der Waals surface area contributed by atoms with Crippen LogP contribution in [0, 0.1) is 0 Å². The van der Waals surface area contributed by atoms with Gasteiger partial charge < -0.3 is 10.2 Å². The summed E-state index contributed by atoms with van der Waals surface area (Å²) < 4.78 is 0. The number of hydrogen-bond donors (Lipinski definition) is 1. The zero-order chi connectivity index (χ0) is 8.69. The molecule has 3 nitrogen and oxygen atoms in total. The van der Waals surface area contributed by atoms with Gasteiger partial charge in [-0.2, -0.15) is 0 Å². The topological polar surface area (TPSA) is 32.3 Å². The Bertz CT molecular complexity index is 144. The molecule has 11 heavy (non-hydrogen) atoms. The van der Waals surface area contributed by atoms with E-state index in [1.165, 1.54) is 0 Å². The molecule has 0 radical (unpaired) electrons. The van der Waals surface area contributed by atoms with Crippen LogP contribution in [0.5, 0.6) is 0 Å². The average molecular weight is 154 g/mol. The molecule has 0 aliphatic carbocycles. The predicted octanol–water partition coefficient (Wildman–Crippen LogP) is 1.000. The van der Waals surface area contributed by atoms with Crippen LogP contribution >= 0.6 is 0 Å². The van der Waals surface area contributed by atoms with E-state index in [9.17, 15) is 4.79 Å². The molecule has 0 aliphatic heterocycles. The van der Waals surface area contributed by atoms with Crippen molar-refractivity contribution in [2.24, 2.45) is 0 Å². The third-order valence-electron chi connectivity index (χ3n) is 1.20. The minimum atomic E-state index is -0.107. The van der Waals surface area contributed by atoms with Gasteiger partial charge in [-0.15, -0.1) is 13.2 Å². The van der Waals surface area contributed by atoms with Crippen molar-refractivity contribution in [2.75, 3.05) is 20.1 Å². The number of nitrogens with one attached hydrogen (secondary N) is 1. The van der Waals surface area contributed by atoms with Crippen molar-refractivity contribution in [1.29, 1.82) is 0 Å². The van der Waals surface area contributed by atoms with Gasteiger partial charge in [-0.3, -0.25) is 0 Å². The summed E-state index contributed by atoms with van der Waals surface area (Å²) in [4.78, 5) is 12.6. The van der Waals surface area contributed by atoms with Crippen LogP contribution in [0.2, 0.25) is 0 Å². The number of hydrogen-bond acceptors (Lipinski definition) is 1. The summed E-state index contributed by atoms with van der Waals surface area (Å²) in [6.45, 7) is 8.18. The maximum absolute atomic E-state index is 11.0. The molecule has 1 N–H and O–H groups in total. The van der Waals surface area contributed by atoms with Crippen LogP contribution < -0.4 is 5.32 Å². The van der Waals surface area contributed by atoms with Gasteiger partial charge in [-0.1, -0.05) is 12.2 Å². The molecule has 3 heteroatoms. The highest BCUT2D eigenvalue weighted by atomic mass is 16.2.